The van der Waals surface area contributed by atoms with E-state index in [1.807, 2.05) is 12.1 Å². The first-order valence-electron chi connectivity index (χ1n) is 3.73. The van der Waals surface area contributed by atoms with Gasteiger partial charge in [-0.15, -0.1) is 11.3 Å². The highest BCUT2D eigenvalue weighted by Crippen LogP contribution is 2.35. The molecule has 0 fully saturated rings. The number of nitrogens with two attached hydrogens (primary N) is 1. The average molecular weight is 305 g/mol. The van der Waals surface area contributed by atoms with Gasteiger partial charge in [0.2, 0.25) is 0 Å². The van der Waals surface area contributed by atoms with Gasteiger partial charge in [-0.1, -0.05) is 0 Å². The van der Waals surface area contributed by atoms with Crippen LogP contribution in [-0.2, 0) is 0 Å². The number of nitrogen functional groups attached to an aromatic ring is 1. The summed E-state index contributed by atoms with van der Waals surface area (Å²) in [5, 5.41) is 1.93. The molecule has 0 aliphatic heterocycles. The van der Waals surface area contributed by atoms with Gasteiger partial charge in [0, 0.05) is 13.7 Å². The minimum Gasteiger partial charge on any atom is -0.496 e. The quantitative estimate of drug-likeness (QED) is 0.822. The lowest BCUT2D eigenvalue weighted by atomic mass is 10.2. The van der Waals surface area contributed by atoms with Crippen LogP contribution in [-0.4, -0.2) is 7.11 Å². The van der Waals surface area contributed by atoms with Crippen molar-refractivity contribution in [2.75, 3.05) is 12.8 Å². The van der Waals surface area contributed by atoms with E-state index >= 15 is 0 Å². The first-order valence-corrected chi connectivity index (χ1v) is 5.63. The zero-order valence-corrected chi connectivity index (χ0v) is 9.98. The van der Waals surface area contributed by atoms with Gasteiger partial charge in [-0.2, -0.15) is 0 Å². The van der Waals surface area contributed by atoms with Crippen LogP contribution in [0.2, 0.25) is 0 Å². The Morgan fingerprint density at radius 3 is 2.85 bits per heavy atom. The molecule has 0 unspecified atom stereocenters. The van der Waals surface area contributed by atoms with E-state index in [4.69, 9.17) is 10.5 Å². The lowest BCUT2D eigenvalue weighted by Gasteiger charge is -2.01. The van der Waals surface area contributed by atoms with E-state index in [9.17, 15) is 0 Å². The second kappa shape index (κ2) is 3.34. The van der Waals surface area contributed by atoms with Gasteiger partial charge in [0.05, 0.1) is 12.1 Å². The summed E-state index contributed by atoms with van der Waals surface area (Å²) >= 11 is 3.86. The smallest absolute Gasteiger partial charge is 0.128 e. The number of methoxy groups -OCH3 is 1. The van der Waals surface area contributed by atoms with Gasteiger partial charge in [-0.3, -0.25) is 0 Å². The van der Waals surface area contributed by atoms with Crippen LogP contribution in [0, 0.1) is 3.57 Å². The van der Waals surface area contributed by atoms with Crippen LogP contribution < -0.4 is 10.5 Å². The van der Waals surface area contributed by atoms with Crippen molar-refractivity contribution in [2.24, 2.45) is 0 Å². The lowest BCUT2D eigenvalue weighted by Crippen LogP contribution is -1.83. The van der Waals surface area contributed by atoms with E-state index in [0.717, 1.165) is 16.1 Å². The maximum Gasteiger partial charge on any atom is 0.128 e. The number of fused-ring (bicyclic) bond motifs is 1. The summed E-state index contributed by atoms with van der Waals surface area (Å²) < 4.78 is 7.62. The number of rotatable bonds is 1. The van der Waals surface area contributed by atoms with Crippen molar-refractivity contribution in [3.05, 3.63) is 21.8 Å². The Morgan fingerprint density at radius 2 is 2.15 bits per heavy atom. The third-order valence-corrected chi connectivity index (χ3v) is 3.34. The number of anilines is 1. The Bertz CT molecular complexity index is 452. The van der Waals surface area contributed by atoms with Gasteiger partial charge < -0.3 is 10.5 Å². The van der Waals surface area contributed by atoms with Crippen LogP contribution >= 0.6 is 33.9 Å². The van der Waals surface area contributed by atoms with Gasteiger partial charge in [-0.05, 0) is 40.8 Å². The van der Waals surface area contributed by atoms with E-state index in [-0.39, 0.29) is 0 Å². The van der Waals surface area contributed by atoms with E-state index in [1.54, 1.807) is 18.4 Å². The number of thiophene rings is 1. The van der Waals surface area contributed by atoms with E-state index in [0.29, 0.717) is 0 Å². The highest BCUT2D eigenvalue weighted by atomic mass is 127. The minimum absolute atomic E-state index is 0.829. The van der Waals surface area contributed by atoms with Gasteiger partial charge in [0.25, 0.3) is 0 Å². The first kappa shape index (κ1) is 9.08. The molecule has 0 radical (unpaired) electrons. The van der Waals surface area contributed by atoms with Crippen molar-refractivity contribution in [3.63, 3.8) is 0 Å². The monoisotopic (exact) mass is 305 g/mol. The Kier molecular flexibility index (Phi) is 2.33. The summed E-state index contributed by atoms with van der Waals surface area (Å²) in [4.78, 5) is 0. The normalized spacial score (nSPS) is 10.6. The lowest BCUT2D eigenvalue weighted by molar-refractivity contribution is 0.419. The predicted octanol–water partition coefficient (Wildman–Crippen LogP) is 3.10. The van der Waals surface area contributed by atoms with Crippen LogP contribution in [0.3, 0.4) is 0 Å². The SMILES string of the molecule is COc1cc(I)cc2sc(N)cc12. The number of halogens is 1. The van der Waals surface area contributed by atoms with Crippen LogP contribution in [0.25, 0.3) is 10.1 Å². The number of hydrogen-bond donors (Lipinski definition) is 1. The molecule has 0 aliphatic carbocycles. The van der Waals surface area contributed by atoms with E-state index in [1.165, 1.54) is 8.27 Å². The van der Waals surface area contributed by atoms with E-state index in [2.05, 4.69) is 28.7 Å². The second-order valence-electron chi connectivity index (χ2n) is 2.67. The van der Waals surface area contributed by atoms with Crippen molar-refractivity contribution in [1.29, 1.82) is 0 Å². The molecule has 2 rings (SSSR count). The molecule has 0 saturated heterocycles. The molecule has 2 aromatic rings. The minimum atomic E-state index is 0.829. The molecule has 0 amide bonds. The van der Waals surface area contributed by atoms with Crippen molar-refractivity contribution >= 4 is 49.0 Å². The summed E-state index contributed by atoms with van der Waals surface area (Å²) in [5.41, 5.74) is 5.72. The van der Waals surface area contributed by atoms with Crippen LogP contribution in [0.4, 0.5) is 5.00 Å². The summed E-state index contributed by atoms with van der Waals surface area (Å²) in [6.07, 6.45) is 0. The topological polar surface area (TPSA) is 35.2 Å². The fourth-order valence-electron chi connectivity index (χ4n) is 1.26. The molecule has 2 N–H and O–H groups in total. The molecular weight excluding hydrogens is 297 g/mol. The maximum absolute atomic E-state index is 5.72. The van der Waals surface area contributed by atoms with Gasteiger partial charge in [-0.25, -0.2) is 0 Å². The Morgan fingerprint density at radius 1 is 1.38 bits per heavy atom. The zero-order valence-electron chi connectivity index (χ0n) is 7.00. The number of benzene rings is 1. The second-order valence-corrected chi connectivity index (χ2v) is 5.03. The predicted molar refractivity (Wildman–Crippen MR) is 65.5 cm³/mol. The van der Waals surface area contributed by atoms with Crippen LogP contribution in [0.15, 0.2) is 18.2 Å². The molecule has 0 spiro atoms. The molecule has 0 atom stereocenters. The molecule has 13 heavy (non-hydrogen) atoms. The summed E-state index contributed by atoms with van der Waals surface area (Å²) in [6.45, 7) is 0. The first-order chi connectivity index (χ1) is 6.20. The molecule has 1 heterocycles. The van der Waals surface area contributed by atoms with Crippen molar-refractivity contribution in [2.45, 2.75) is 0 Å². The van der Waals surface area contributed by atoms with E-state index < -0.39 is 0 Å². The maximum atomic E-state index is 5.72. The van der Waals surface area contributed by atoms with Crippen molar-refractivity contribution < 1.29 is 4.74 Å². The summed E-state index contributed by atoms with van der Waals surface area (Å²) in [5.74, 6) is 0.898. The third-order valence-electron chi connectivity index (χ3n) is 1.80. The molecule has 1 aromatic carbocycles. The fraction of sp³-hybridized carbons (Fsp3) is 0.111. The molecule has 1 aromatic heterocycles. The summed E-state index contributed by atoms with van der Waals surface area (Å²) in [7, 11) is 1.68. The molecule has 0 saturated carbocycles. The van der Waals surface area contributed by atoms with Gasteiger partial charge >= 0.3 is 0 Å². The van der Waals surface area contributed by atoms with Crippen molar-refractivity contribution in [3.8, 4) is 5.75 Å². The third kappa shape index (κ3) is 1.60. The van der Waals surface area contributed by atoms with Gasteiger partial charge in [0.1, 0.15) is 5.75 Å². The molecule has 2 nitrogen and oxygen atoms in total. The van der Waals surface area contributed by atoms with Crippen molar-refractivity contribution in [1.82, 2.24) is 0 Å². The number of hydrogen-bond acceptors (Lipinski definition) is 3. The Hall–Kier alpha value is -0.490. The highest BCUT2D eigenvalue weighted by Gasteiger charge is 2.06. The highest BCUT2D eigenvalue weighted by molar-refractivity contribution is 14.1. The molecule has 68 valence electrons. The molecular formula is C9H8INOS. The molecule has 0 aliphatic rings. The average Bonchev–Trinajstić information content (AvgIpc) is 2.43. The zero-order chi connectivity index (χ0) is 9.42. The van der Waals surface area contributed by atoms with Gasteiger partial charge in [0.15, 0.2) is 0 Å². The Labute approximate surface area is 93.8 Å². The Balaban J connectivity index is 2.80. The molecule has 0 bridgehead atoms. The van der Waals surface area contributed by atoms with Crippen LogP contribution in [0.1, 0.15) is 0 Å². The largest absolute Gasteiger partial charge is 0.496 e. The number of ether oxygens (including phenoxy) is 1. The molecule has 4 heteroatoms. The standard InChI is InChI=1S/C9H8INOS/c1-12-7-2-5(10)3-8-6(7)4-9(11)13-8/h2-4H,11H2,1H3. The van der Waals surface area contributed by atoms with Crippen LogP contribution in [0.5, 0.6) is 5.75 Å². The summed E-state index contributed by atoms with van der Waals surface area (Å²) in [6, 6.07) is 6.07. The fourth-order valence-corrected chi connectivity index (χ4v) is 2.95.